The minimum absolute atomic E-state index is 0.0296. The zero-order valence-corrected chi connectivity index (χ0v) is 23.1. The normalized spacial score (nSPS) is 13.8. The zero-order valence-electron chi connectivity index (χ0n) is 20.6. The number of benzene rings is 3. The van der Waals surface area contributed by atoms with E-state index in [1.807, 2.05) is 24.5 Å². The molecular formula is C27H28F3NO2S3. The molecular weight excluding hydrogens is 523 g/mol. The van der Waals surface area contributed by atoms with Gasteiger partial charge in [-0.15, -0.1) is 24.9 Å². The molecule has 1 unspecified atom stereocenters. The molecule has 0 aliphatic rings. The first-order valence-electron chi connectivity index (χ1n) is 10.9. The minimum Gasteiger partial charge on any atom is -0.406 e. The predicted molar refractivity (Wildman–Crippen MR) is 147 cm³/mol. The topological polar surface area (TPSA) is 52.3 Å². The van der Waals surface area contributed by atoms with Gasteiger partial charge < -0.3 is 10.5 Å². The van der Waals surface area contributed by atoms with E-state index in [9.17, 15) is 17.4 Å². The van der Waals surface area contributed by atoms with Gasteiger partial charge >= 0.3 is 6.36 Å². The first-order valence-corrected chi connectivity index (χ1v) is 14.5. The van der Waals surface area contributed by atoms with Crippen LogP contribution >= 0.6 is 23.5 Å². The fourth-order valence-electron chi connectivity index (χ4n) is 3.50. The van der Waals surface area contributed by atoms with Gasteiger partial charge in [-0.05, 0) is 58.7 Å². The van der Waals surface area contributed by atoms with Gasteiger partial charge in [0.2, 0.25) is 0 Å². The summed E-state index contributed by atoms with van der Waals surface area (Å²) in [6, 6.07) is 19.7. The Labute approximate surface area is 221 Å². The summed E-state index contributed by atoms with van der Waals surface area (Å²) in [5, 5.41) is 0. The summed E-state index contributed by atoms with van der Waals surface area (Å²) in [5.74, 6) is -0.279. The number of rotatable bonds is 7. The van der Waals surface area contributed by atoms with E-state index >= 15 is 0 Å². The van der Waals surface area contributed by atoms with E-state index in [2.05, 4.69) is 49.8 Å². The maximum Gasteiger partial charge on any atom is 0.573 e. The van der Waals surface area contributed by atoms with Gasteiger partial charge in [0.1, 0.15) is 5.75 Å². The SMILES string of the molecule is CS/C(=C(/N)c1ccc(-c2ccc(OC(F)(F)F)cc2)cc1Sc1ccc(C(C)(C)C)cc1)S(C)=O. The average molecular weight is 552 g/mol. The Balaban J connectivity index is 2.05. The molecule has 0 heterocycles. The van der Waals surface area contributed by atoms with Crippen LogP contribution in [0.1, 0.15) is 31.9 Å². The van der Waals surface area contributed by atoms with E-state index in [0.717, 1.165) is 26.5 Å². The summed E-state index contributed by atoms with van der Waals surface area (Å²) in [5.41, 5.74) is 10.5. The lowest BCUT2D eigenvalue weighted by Gasteiger charge is -2.19. The van der Waals surface area contributed by atoms with E-state index in [1.165, 1.54) is 41.2 Å². The minimum atomic E-state index is -4.74. The van der Waals surface area contributed by atoms with Crippen molar-refractivity contribution in [1.82, 2.24) is 0 Å². The molecule has 0 radical (unpaired) electrons. The van der Waals surface area contributed by atoms with Crippen LogP contribution in [0.5, 0.6) is 5.75 Å². The Kier molecular flexibility index (Phi) is 8.90. The van der Waals surface area contributed by atoms with Crippen LogP contribution in [-0.4, -0.2) is 23.1 Å². The molecule has 0 saturated carbocycles. The fraction of sp³-hybridized carbons (Fsp3) is 0.259. The molecule has 0 aliphatic carbocycles. The summed E-state index contributed by atoms with van der Waals surface area (Å²) in [7, 11) is -1.25. The van der Waals surface area contributed by atoms with Gasteiger partial charge in [-0.2, -0.15) is 0 Å². The monoisotopic (exact) mass is 551 g/mol. The maximum atomic E-state index is 12.5. The Morgan fingerprint density at radius 1 is 0.917 bits per heavy atom. The summed E-state index contributed by atoms with van der Waals surface area (Å²) in [6.45, 7) is 6.46. The third kappa shape index (κ3) is 7.33. The zero-order chi connectivity index (χ0) is 26.7. The molecule has 36 heavy (non-hydrogen) atoms. The van der Waals surface area contributed by atoms with Gasteiger partial charge in [-0.3, -0.25) is 4.21 Å². The molecule has 1 atom stereocenters. The second kappa shape index (κ2) is 11.4. The summed E-state index contributed by atoms with van der Waals surface area (Å²) in [6.07, 6.45) is -1.32. The van der Waals surface area contributed by atoms with Crippen LogP contribution in [-0.2, 0) is 16.2 Å². The lowest BCUT2D eigenvalue weighted by atomic mass is 9.87. The third-order valence-corrected chi connectivity index (χ3v) is 8.91. The molecule has 9 heteroatoms. The summed E-state index contributed by atoms with van der Waals surface area (Å²) < 4.78 is 54.4. The predicted octanol–water partition coefficient (Wildman–Crippen LogP) is 8.03. The number of nitrogens with two attached hydrogens (primary N) is 1. The van der Waals surface area contributed by atoms with E-state index in [1.54, 1.807) is 18.4 Å². The molecule has 192 valence electrons. The lowest BCUT2D eigenvalue weighted by Crippen LogP contribution is -2.16. The Hall–Kier alpha value is -2.36. The van der Waals surface area contributed by atoms with E-state index in [0.29, 0.717) is 9.93 Å². The van der Waals surface area contributed by atoms with Gasteiger partial charge in [-0.25, -0.2) is 0 Å². The van der Waals surface area contributed by atoms with Crippen molar-refractivity contribution in [3.8, 4) is 16.9 Å². The first-order chi connectivity index (χ1) is 16.8. The van der Waals surface area contributed by atoms with Crippen molar-refractivity contribution in [3.05, 3.63) is 82.1 Å². The van der Waals surface area contributed by atoms with Crippen LogP contribution in [0.4, 0.5) is 13.2 Å². The van der Waals surface area contributed by atoms with Crippen LogP contribution < -0.4 is 10.5 Å². The van der Waals surface area contributed by atoms with Crippen LogP contribution in [0.2, 0.25) is 0 Å². The highest BCUT2D eigenvalue weighted by atomic mass is 32.2. The van der Waals surface area contributed by atoms with Gasteiger partial charge in [0.15, 0.2) is 0 Å². The fourth-order valence-corrected chi connectivity index (χ4v) is 6.19. The van der Waals surface area contributed by atoms with Gasteiger partial charge in [-0.1, -0.05) is 68.9 Å². The summed E-state index contributed by atoms with van der Waals surface area (Å²) in [4.78, 5) is 1.85. The summed E-state index contributed by atoms with van der Waals surface area (Å²) >= 11 is 2.87. The smallest absolute Gasteiger partial charge is 0.406 e. The average Bonchev–Trinajstić information content (AvgIpc) is 2.78. The molecule has 3 aromatic rings. The third-order valence-electron chi connectivity index (χ3n) is 5.31. The van der Waals surface area contributed by atoms with Gasteiger partial charge in [0.05, 0.1) is 20.7 Å². The quantitative estimate of drug-likeness (QED) is 0.322. The van der Waals surface area contributed by atoms with Crippen molar-refractivity contribution in [1.29, 1.82) is 0 Å². The van der Waals surface area contributed by atoms with Crippen molar-refractivity contribution in [2.45, 2.75) is 42.3 Å². The highest BCUT2D eigenvalue weighted by molar-refractivity contribution is 8.16. The van der Waals surface area contributed by atoms with Crippen LogP contribution in [0.3, 0.4) is 0 Å². The molecule has 3 rings (SSSR count). The molecule has 0 bridgehead atoms. The Morgan fingerprint density at radius 3 is 2.00 bits per heavy atom. The number of thioether (sulfide) groups is 1. The van der Waals surface area contributed by atoms with Crippen molar-refractivity contribution in [2.24, 2.45) is 5.73 Å². The van der Waals surface area contributed by atoms with Crippen LogP contribution in [0.15, 0.2) is 80.8 Å². The molecule has 0 amide bonds. The number of alkyl halides is 3. The second-order valence-corrected chi connectivity index (χ2v) is 12.5. The number of ether oxygens (including phenoxy) is 1. The highest BCUT2D eigenvalue weighted by Crippen LogP contribution is 2.39. The molecule has 0 saturated heterocycles. The van der Waals surface area contributed by atoms with Crippen molar-refractivity contribution in [3.63, 3.8) is 0 Å². The molecule has 0 fully saturated rings. The standard InChI is InChI=1S/C27H28F3NO2S3/c1-26(2,3)19-9-13-21(14-10-19)35-23-16-18(8-15-22(23)24(31)25(34-4)36(5)32)17-6-11-20(12-7-17)33-27(28,29)30/h6-16H,31H2,1-5H3/b25-24-. The molecule has 0 aliphatic heterocycles. The largest absolute Gasteiger partial charge is 0.573 e. The van der Waals surface area contributed by atoms with E-state index in [4.69, 9.17) is 5.73 Å². The van der Waals surface area contributed by atoms with Crippen LogP contribution in [0, 0.1) is 0 Å². The first kappa shape index (κ1) is 28.2. The molecule has 0 spiro atoms. The van der Waals surface area contributed by atoms with Crippen LogP contribution in [0.25, 0.3) is 16.8 Å². The molecule has 3 aromatic carbocycles. The van der Waals surface area contributed by atoms with Gasteiger partial charge in [0.25, 0.3) is 0 Å². The van der Waals surface area contributed by atoms with E-state index in [-0.39, 0.29) is 11.2 Å². The second-order valence-electron chi connectivity index (χ2n) is 9.02. The number of hydrogen-bond donors (Lipinski definition) is 1. The molecule has 3 nitrogen and oxygen atoms in total. The van der Waals surface area contributed by atoms with Crippen molar-refractivity contribution < 1.29 is 22.1 Å². The molecule has 2 N–H and O–H groups in total. The van der Waals surface area contributed by atoms with E-state index < -0.39 is 17.2 Å². The number of halogens is 3. The maximum absolute atomic E-state index is 12.5. The van der Waals surface area contributed by atoms with Gasteiger partial charge in [0, 0.05) is 21.6 Å². The van der Waals surface area contributed by atoms with Crippen molar-refractivity contribution in [2.75, 3.05) is 12.5 Å². The van der Waals surface area contributed by atoms with Crippen molar-refractivity contribution >= 4 is 40.0 Å². The lowest BCUT2D eigenvalue weighted by molar-refractivity contribution is -0.274. The molecule has 0 aromatic heterocycles. The Morgan fingerprint density at radius 2 is 1.50 bits per heavy atom. The number of hydrogen-bond acceptors (Lipinski definition) is 5. The highest BCUT2D eigenvalue weighted by Gasteiger charge is 2.31. The Bertz CT molecular complexity index is 1260.